The quantitative estimate of drug-likeness (QED) is 0.794. The summed E-state index contributed by atoms with van der Waals surface area (Å²) in [6.07, 6.45) is 2.21. The second kappa shape index (κ2) is 8.88. The van der Waals surface area contributed by atoms with E-state index in [2.05, 4.69) is 10.6 Å². The molecule has 0 bridgehead atoms. The van der Waals surface area contributed by atoms with Gasteiger partial charge < -0.3 is 15.4 Å². The van der Waals surface area contributed by atoms with Crippen LogP contribution < -0.4 is 15.4 Å². The second-order valence-corrected chi connectivity index (χ2v) is 6.79. The average molecular weight is 359 g/mol. The van der Waals surface area contributed by atoms with Crippen LogP contribution in [0.5, 0.6) is 5.75 Å². The number of hydrogen-bond donors (Lipinski definition) is 2. The van der Waals surface area contributed by atoms with Crippen molar-refractivity contribution in [3.8, 4) is 5.75 Å². The minimum absolute atomic E-state index is 0.0563. The van der Waals surface area contributed by atoms with Crippen LogP contribution in [0.15, 0.2) is 48.5 Å². The third-order valence-corrected chi connectivity index (χ3v) is 4.63. The first-order chi connectivity index (χ1) is 12.2. The molecular formula is C20H23ClN2O2. The van der Waals surface area contributed by atoms with Crippen molar-refractivity contribution in [2.24, 2.45) is 5.92 Å². The predicted molar refractivity (Wildman–Crippen MR) is 100 cm³/mol. The van der Waals surface area contributed by atoms with Crippen molar-refractivity contribution in [2.75, 3.05) is 19.6 Å². The van der Waals surface area contributed by atoms with Gasteiger partial charge in [-0.3, -0.25) is 4.79 Å². The molecule has 2 aromatic carbocycles. The number of amides is 1. The van der Waals surface area contributed by atoms with E-state index in [9.17, 15) is 4.79 Å². The summed E-state index contributed by atoms with van der Waals surface area (Å²) in [7, 11) is 0. The fourth-order valence-electron chi connectivity index (χ4n) is 2.97. The lowest BCUT2D eigenvalue weighted by Gasteiger charge is -2.11. The van der Waals surface area contributed by atoms with Gasteiger partial charge in [0.2, 0.25) is 0 Å². The van der Waals surface area contributed by atoms with E-state index in [1.165, 1.54) is 6.42 Å². The smallest absolute Gasteiger partial charge is 0.251 e. The summed E-state index contributed by atoms with van der Waals surface area (Å²) in [6.45, 7) is 3.27. The van der Waals surface area contributed by atoms with Gasteiger partial charge in [-0.15, -0.1) is 0 Å². The summed E-state index contributed by atoms with van der Waals surface area (Å²) in [5.74, 6) is 1.29. The summed E-state index contributed by atoms with van der Waals surface area (Å²) in [5, 5.41) is 7.02. The van der Waals surface area contributed by atoms with Crippen LogP contribution in [0.4, 0.5) is 0 Å². The molecule has 1 unspecified atom stereocenters. The Labute approximate surface area is 153 Å². The highest BCUT2D eigenvalue weighted by Crippen LogP contribution is 2.17. The molecule has 2 aromatic rings. The molecule has 1 heterocycles. The first kappa shape index (κ1) is 17.8. The number of halogens is 1. The minimum Gasteiger partial charge on any atom is -0.489 e. The van der Waals surface area contributed by atoms with Gasteiger partial charge in [-0.25, -0.2) is 0 Å². The van der Waals surface area contributed by atoms with Crippen LogP contribution in [-0.4, -0.2) is 25.5 Å². The lowest BCUT2D eigenvalue weighted by Crippen LogP contribution is -2.26. The number of benzene rings is 2. The van der Waals surface area contributed by atoms with E-state index >= 15 is 0 Å². The van der Waals surface area contributed by atoms with Crippen molar-refractivity contribution in [3.63, 3.8) is 0 Å². The van der Waals surface area contributed by atoms with Crippen molar-refractivity contribution < 1.29 is 9.53 Å². The van der Waals surface area contributed by atoms with Gasteiger partial charge in [0.1, 0.15) is 12.4 Å². The standard InChI is InChI=1S/C20H23ClN2O2/c21-18-5-1-3-16(11-18)14-25-19-6-2-4-17(12-19)20(24)23-10-8-15-7-9-22-13-15/h1-6,11-12,15,22H,7-10,13-14H2,(H,23,24). The molecule has 1 aliphatic rings. The number of rotatable bonds is 7. The molecule has 0 aromatic heterocycles. The van der Waals surface area contributed by atoms with Gasteiger partial charge in [0, 0.05) is 17.1 Å². The first-order valence-electron chi connectivity index (χ1n) is 8.67. The van der Waals surface area contributed by atoms with Crippen LogP contribution in [0.3, 0.4) is 0 Å². The first-order valence-corrected chi connectivity index (χ1v) is 9.05. The van der Waals surface area contributed by atoms with E-state index in [4.69, 9.17) is 16.3 Å². The molecule has 132 valence electrons. The van der Waals surface area contributed by atoms with Gasteiger partial charge in [-0.2, -0.15) is 0 Å². The van der Waals surface area contributed by atoms with Gasteiger partial charge in [-0.1, -0.05) is 29.8 Å². The maximum Gasteiger partial charge on any atom is 0.251 e. The lowest BCUT2D eigenvalue weighted by atomic mass is 10.1. The summed E-state index contributed by atoms with van der Waals surface area (Å²) in [4.78, 5) is 12.3. The Morgan fingerprint density at radius 2 is 2.12 bits per heavy atom. The van der Waals surface area contributed by atoms with Crippen molar-refractivity contribution in [1.82, 2.24) is 10.6 Å². The van der Waals surface area contributed by atoms with E-state index in [1.54, 1.807) is 12.1 Å². The van der Waals surface area contributed by atoms with Crippen LogP contribution in [0.25, 0.3) is 0 Å². The molecule has 4 nitrogen and oxygen atoms in total. The Morgan fingerprint density at radius 1 is 1.24 bits per heavy atom. The van der Waals surface area contributed by atoms with E-state index < -0.39 is 0 Å². The van der Waals surface area contributed by atoms with Crippen molar-refractivity contribution in [1.29, 1.82) is 0 Å². The highest BCUT2D eigenvalue weighted by Gasteiger charge is 2.14. The SMILES string of the molecule is O=C(NCCC1CCNC1)c1cccc(OCc2cccc(Cl)c2)c1. The normalized spacial score (nSPS) is 16.6. The fraction of sp³-hybridized carbons (Fsp3) is 0.350. The summed E-state index contributed by atoms with van der Waals surface area (Å²) < 4.78 is 5.78. The Morgan fingerprint density at radius 3 is 2.92 bits per heavy atom. The largest absolute Gasteiger partial charge is 0.489 e. The molecule has 1 amide bonds. The molecule has 0 saturated carbocycles. The average Bonchev–Trinajstić information content (AvgIpc) is 3.14. The number of ether oxygens (including phenoxy) is 1. The molecule has 0 aliphatic carbocycles. The van der Waals surface area contributed by atoms with Gasteiger partial charge in [0.25, 0.3) is 5.91 Å². The van der Waals surface area contributed by atoms with Gasteiger partial charge in [-0.05, 0) is 67.7 Å². The zero-order valence-electron chi connectivity index (χ0n) is 14.1. The summed E-state index contributed by atoms with van der Waals surface area (Å²) in [6, 6.07) is 14.8. The molecular weight excluding hydrogens is 336 g/mol. The highest BCUT2D eigenvalue weighted by molar-refractivity contribution is 6.30. The van der Waals surface area contributed by atoms with E-state index in [0.29, 0.717) is 35.4 Å². The highest BCUT2D eigenvalue weighted by atomic mass is 35.5. The van der Waals surface area contributed by atoms with Crippen LogP contribution in [0, 0.1) is 5.92 Å². The summed E-state index contributed by atoms with van der Waals surface area (Å²) >= 11 is 5.98. The molecule has 0 radical (unpaired) electrons. The number of carbonyl (C=O) groups is 1. The second-order valence-electron chi connectivity index (χ2n) is 6.35. The van der Waals surface area contributed by atoms with Crippen LogP contribution >= 0.6 is 11.6 Å². The molecule has 3 rings (SSSR count). The van der Waals surface area contributed by atoms with Crippen molar-refractivity contribution in [2.45, 2.75) is 19.4 Å². The Hall–Kier alpha value is -2.04. The maximum absolute atomic E-state index is 12.3. The topological polar surface area (TPSA) is 50.4 Å². The van der Waals surface area contributed by atoms with E-state index in [-0.39, 0.29) is 5.91 Å². The van der Waals surface area contributed by atoms with Gasteiger partial charge in [0.05, 0.1) is 0 Å². The monoisotopic (exact) mass is 358 g/mol. The van der Waals surface area contributed by atoms with Crippen molar-refractivity contribution in [3.05, 3.63) is 64.7 Å². The van der Waals surface area contributed by atoms with Crippen LogP contribution in [0.2, 0.25) is 5.02 Å². The Balaban J connectivity index is 1.50. The minimum atomic E-state index is -0.0563. The third kappa shape index (κ3) is 5.48. The zero-order valence-corrected chi connectivity index (χ0v) is 14.9. The Bertz CT molecular complexity index is 714. The molecule has 1 aliphatic heterocycles. The predicted octanol–water partition coefficient (Wildman–Crippen LogP) is 3.65. The zero-order chi connectivity index (χ0) is 17.5. The fourth-order valence-corrected chi connectivity index (χ4v) is 3.19. The molecule has 1 fully saturated rings. The number of carbonyl (C=O) groups excluding carboxylic acids is 1. The van der Waals surface area contributed by atoms with Crippen LogP contribution in [-0.2, 0) is 6.61 Å². The Kier molecular flexibility index (Phi) is 6.31. The summed E-state index contributed by atoms with van der Waals surface area (Å²) in [5.41, 5.74) is 1.61. The number of hydrogen-bond acceptors (Lipinski definition) is 3. The molecule has 25 heavy (non-hydrogen) atoms. The van der Waals surface area contributed by atoms with Gasteiger partial charge >= 0.3 is 0 Å². The maximum atomic E-state index is 12.3. The molecule has 1 atom stereocenters. The van der Waals surface area contributed by atoms with Crippen LogP contribution in [0.1, 0.15) is 28.8 Å². The number of nitrogens with one attached hydrogen (secondary N) is 2. The van der Waals surface area contributed by atoms with Gasteiger partial charge in [0.15, 0.2) is 0 Å². The van der Waals surface area contributed by atoms with E-state index in [0.717, 1.165) is 25.1 Å². The van der Waals surface area contributed by atoms with Crippen molar-refractivity contribution >= 4 is 17.5 Å². The molecule has 0 spiro atoms. The van der Waals surface area contributed by atoms with E-state index in [1.807, 2.05) is 36.4 Å². The molecule has 5 heteroatoms. The third-order valence-electron chi connectivity index (χ3n) is 4.39. The lowest BCUT2D eigenvalue weighted by molar-refractivity contribution is 0.0951. The molecule has 1 saturated heterocycles. The molecule has 2 N–H and O–H groups in total.